The molecular formula is C16H30N2O2S. The summed E-state index contributed by atoms with van der Waals surface area (Å²) in [5, 5.41) is 2.94. The summed E-state index contributed by atoms with van der Waals surface area (Å²) in [5.74, 6) is 1.29. The Morgan fingerprint density at radius 1 is 1.14 bits per heavy atom. The molecule has 1 saturated heterocycles. The van der Waals surface area contributed by atoms with E-state index in [9.17, 15) is 9.59 Å². The summed E-state index contributed by atoms with van der Waals surface area (Å²) in [4.78, 5) is 26.7. The molecular weight excluding hydrogens is 284 g/mol. The smallest absolute Gasteiger partial charge is 0.248 e. The van der Waals surface area contributed by atoms with Crippen molar-refractivity contribution in [3.05, 3.63) is 0 Å². The van der Waals surface area contributed by atoms with Gasteiger partial charge in [-0.1, -0.05) is 26.7 Å². The van der Waals surface area contributed by atoms with Crippen molar-refractivity contribution in [2.75, 3.05) is 18.6 Å². The number of hydrogen-bond acceptors (Lipinski definition) is 3. The van der Waals surface area contributed by atoms with Gasteiger partial charge in [-0.15, -0.1) is 0 Å². The number of nitrogens with zero attached hydrogens (tertiary/aromatic N) is 1. The molecule has 1 N–H and O–H groups in total. The second-order valence-corrected chi connectivity index (χ2v) is 6.85. The average molecular weight is 314 g/mol. The van der Waals surface area contributed by atoms with Crippen LogP contribution < -0.4 is 5.32 Å². The molecule has 0 bridgehead atoms. The van der Waals surface area contributed by atoms with Crippen LogP contribution in [-0.4, -0.2) is 46.8 Å². The summed E-state index contributed by atoms with van der Waals surface area (Å²) in [6.45, 7) is 6.47. The van der Waals surface area contributed by atoms with Crippen molar-refractivity contribution >= 4 is 23.6 Å². The molecule has 122 valence electrons. The first-order chi connectivity index (χ1) is 10.0. The lowest BCUT2D eigenvalue weighted by molar-refractivity contribution is -0.154. The standard InChI is InChI=1S/C16H30N2O2S/c1-5-16(6-2)15(20)18(13(3)14(19)17-16)11-9-7-8-10-12-21-4/h13H,5-12H2,1-4H3,(H,17,19). The first-order valence-corrected chi connectivity index (χ1v) is 9.53. The fourth-order valence-electron chi connectivity index (χ4n) is 2.89. The van der Waals surface area contributed by atoms with Crippen molar-refractivity contribution < 1.29 is 9.59 Å². The molecule has 1 aliphatic heterocycles. The van der Waals surface area contributed by atoms with Crippen LogP contribution in [0, 0.1) is 0 Å². The van der Waals surface area contributed by atoms with Crippen molar-refractivity contribution in [2.45, 2.75) is 70.9 Å². The highest BCUT2D eigenvalue weighted by atomic mass is 32.2. The van der Waals surface area contributed by atoms with Gasteiger partial charge in [0.25, 0.3) is 0 Å². The minimum Gasteiger partial charge on any atom is -0.340 e. The molecule has 5 heteroatoms. The van der Waals surface area contributed by atoms with Crippen LogP contribution in [0.1, 0.15) is 59.3 Å². The van der Waals surface area contributed by atoms with Crippen LogP contribution in [-0.2, 0) is 9.59 Å². The molecule has 0 aromatic carbocycles. The molecule has 1 atom stereocenters. The summed E-state index contributed by atoms with van der Waals surface area (Å²) in [5.41, 5.74) is -0.678. The number of thioether (sulfide) groups is 1. The third-order valence-corrected chi connectivity index (χ3v) is 5.28. The van der Waals surface area contributed by atoms with Gasteiger partial charge in [-0.25, -0.2) is 0 Å². The van der Waals surface area contributed by atoms with E-state index in [2.05, 4.69) is 11.6 Å². The number of amides is 2. The zero-order valence-electron chi connectivity index (χ0n) is 13.9. The average Bonchev–Trinajstić information content (AvgIpc) is 2.49. The van der Waals surface area contributed by atoms with Crippen LogP contribution in [0.2, 0.25) is 0 Å². The number of nitrogens with one attached hydrogen (secondary N) is 1. The van der Waals surface area contributed by atoms with Crippen molar-refractivity contribution in [1.29, 1.82) is 0 Å². The number of piperazine rings is 1. The van der Waals surface area contributed by atoms with Crippen LogP contribution in [0.15, 0.2) is 0 Å². The fourth-order valence-corrected chi connectivity index (χ4v) is 3.39. The van der Waals surface area contributed by atoms with Crippen LogP contribution in [0.4, 0.5) is 0 Å². The van der Waals surface area contributed by atoms with E-state index < -0.39 is 5.54 Å². The molecule has 1 fully saturated rings. The van der Waals surface area contributed by atoms with Crippen molar-refractivity contribution in [1.82, 2.24) is 10.2 Å². The molecule has 0 aliphatic carbocycles. The normalized spacial score (nSPS) is 21.5. The second-order valence-electron chi connectivity index (χ2n) is 5.86. The van der Waals surface area contributed by atoms with E-state index >= 15 is 0 Å². The van der Waals surface area contributed by atoms with Crippen LogP contribution in [0.25, 0.3) is 0 Å². The highest BCUT2D eigenvalue weighted by Crippen LogP contribution is 2.25. The molecule has 1 rings (SSSR count). The number of carbonyl (C=O) groups is 2. The summed E-state index contributed by atoms with van der Waals surface area (Å²) < 4.78 is 0. The monoisotopic (exact) mass is 314 g/mol. The van der Waals surface area contributed by atoms with E-state index in [-0.39, 0.29) is 17.9 Å². The van der Waals surface area contributed by atoms with E-state index in [0.717, 1.165) is 12.8 Å². The lowest BCUT2D eigenvalue weighted by Crippen LogP contribution is -2.69. The van der Waals surface area contributed by atoms with E-state index in [1.165, 1.54) is 18.6 Å². The van der Waals surface area contributed by atoms with Gasteiger partial charge in [0.2, 0.25) is 11.8 Å². The third-order valence-electron chi connectivity index (χ3n) is 4.58. The molecule has 4 nitrogen and oxygen atoms in total. The minimum absolute atomic E-state index is 0.0133. The predicted molar refractivity (Wildman–Crippen MR) is 89.5 cm³/mol. The predicted octanol–water partition coefficient (Wildman–Crippen LogP) is 2.82. The maximum Gasteiger partial charge on any atom is 0.248 e. The highest BCUT2D eigenvalue weighted by molar-refractivity contribution is 7.98. The number of carbonyl (C=O) groups excluding carboxylic acids is 2. The quantitative estimate of drug-likeness (QED) is 0.666. The van der Waals surface area contributed by atoms with Gasteiger partial charge in [0.05, 0.1) is 0 Å². The number of unbranched alkanes of at least 4 members (excludes halogenated alkanes) is 3. The summed E-state index contributed by atoms with van der Waals surface area (Å²) >= 11 is 1.88. The Morgan fingerprint density at radius 3 is 2.33 bits per heavy atom. The van der Waals surface area contributed by atoms with E-state index in [1.807, 2.05) is 32.5 Å². The molecule has 2 amide bonds. The Kier molecular flexibility index (Phi) is 7.57. The Labute approximate surface area is 133 Å². The summed E-state index contributed by atoms with van der Waals surface area (Å²) in [6, 6.07) is -0.338. The van der Waals surface area contributed by atoms with Gasteiger partial charge in [0.1, 0.15) is 11.6 Å². The lowest BCUT2D eigenvalue weighted by atomic mass is 9.87. The largest absolute Gasteiger partial charge is 0.340 e. The first-order valence-electron chi connectivity index (χ1n) is 8.14. The number of rotatable bonds is 9. The molecule has 0 saturated carbocycles. The Balaban J connectivity index is 2.57. The van der Waals surface area contributed by atoms with Gasteiger partial charge in [-0.3, -0.25) is 9.59 Å². The Morgan fingerprint density at radius 2 is 1.76 bits per heavy atom. The highest BCUT2D eigenvalue weighted by Gasteiger charge is 2.46. The summed E-state index contributed by atoms with van der Waals surface area (Å²) in [6.07, 6.45) is 8.00. The molecule has 0 aromatic heterocycles. The van der Waals surface area contributed by atoms with Gasteiger partial charge in [-0.05, 0) is 44.6 Å². The Hall–Kier alpha value is -0.710. The molecule has 21 heavy (non-hydrogen) atoms. The van der Waals surface area contributed by atoms with Gasteiger partial charge >= 0.3 is 0 Å². The lowest BCUT2D eigenvalue weighted by Gasteiger charge is -2.44. The van der Waals surface area contributed by atoms with Gasteiger partial charge in [0, 0.05) is 6.54 Å². The molecule has 0 spiro atoms. The number of hydrogen-bond donors (Lipinski definition) is 1. The van der Waals surface area contributed by atoms with Crippen molar-refractivity contribution in [2.24, 2.45) is 0 Å². The zero-order valence-corrected chi connectivity index (χ0v) is 14.7. The molecule has 1 aliphatic rings. The zero-order chi connectivity index (χ0) is 15.9. The van der Waals surface area contributed by atoms with Gasteiger partial charge in [-0.2, -0.15) is 11.8 Å². The van der Waals surface area contributed by atoms with Crippen LogP contribution >= 0.6 is 11.8 Å². The SMILES string of the molecule is CCC1(CC)NC(=O)C(C)N(CCCCCCSC)C1=O. The second kappa shape index (κ2) is 8.66. The van der Waals surface area contributed by atoms with Crippen LogP contribution in [0.5, 0.6) is 0 Å². The third kappa shape index (κ3) is 4.38. The van der Waals surface area contributed by atoms with Gasteiger partial charge < -0.3 is 10.2 Å². The topological polar surface area (TPSA) is 49.4 Å². The Bertz CT molecular complexity index is 356. The molecule has 0 radical (unpaired) electrons. The van der Waals surface area contributed by atoms with Gasteiger partial charge in [0.15, 0.2) is 0 Å². The van der Waals surface area contributed by atoms with E-state index in [1.54, 1.807) is 4.90 Å². The minimum atomic E-state index is -0.678. The fraction of sp³-hybridized carbons (Fsp3) is 0.875. The maximum absolute atomic E-state index is 12.7. The molecule has 1 unspecified atom stereocenters. The maximum atomic E-state index is 12.7. The summed E-state index contributed by atoms with van der Waals surface area (Å²) in [7, 11) is 0. The first kappa shape index (κ1) is 18.3. The van der Waals surface area contributed by atoms with E-state index in [4.69, 9.17) is 0 Å². The van der Waals surface area contributed by atoms with Crippen molar-refractivity contribution in [3.8, 4) is 0 Å². The van der Waals surface area contributed by atoms with E-state index in [0.29, 0.717) is 19.4 Å². The van der Waals surface area contributed by atoms with Crippen LogP contribution in [0.3, 0.4) is 0 Å². The molecule has 1 heterocycles. The molecule has 0 aromatic rings. The van der Waals surface area contributed by atoms with Crippen molar-refractivity contribution in [3.63, 3.8) is 0 Å².